The quantitative estimate of drug-likeness (QED) is 0.684. The van der Waals surface area contributed by atoms with Crippen molar-refractivity contribution in [3.05, 3.63) is 24.3 Å². The first-order valence-electron chi connectivity index (χ1n) is 8.51. The number of nitrogens with one attached hydrogen (secondary N) is 1. The molecule has 0 bridgehead atoms. The fourth-order valence-corrected chi connectivity index (χ4v) is 4.14. The lowest BCUT2D eigenvalue weighted by Gasteiger charge is -2.31. The van der Waals surface area contributed by atoms with E-state index in [4.69, 9.17) is 9.47 Å². The lowest BCUT2D eigenvalue weighted by molar-refractivity contribution is 0.146. The Balaban J connectivity index is 1.88. The summed E-state index contributed by atoms with van der Waals surface area (Å²) in [5.74, 6) is 0.638. The fourth-order valence-electron chi connectivity index (χ4n) is 2.84. The van der Waals surface area contributed by atoms with Gasteiger partial charge in [0.05, 0.1) is 11.5 Å². The first kappa shape index (κ1) is 19.2. The van der Waals surface area contributed by atoms with Crippen molar-refractivity contribution in [1.82, 2.24) is 9.62 Å². The van der Waals surface area contributed by atoms with Crippen molar-refractivity contribution in [3.63, 3.8) is 0 Å². The van der Waals surface area contributed by atoms with Crippen molar-refractivity contribution >= 4 is 10.0 Å². The number of piperidine rings is 1. The summed E-state index contributed by atoms with van der Waals surface area (Å²) in [6, 6.07) is 6.52. The highest BCUT2D eigenvalue weighted by Crippen LogP contribution is 2.18. The summed E-state index contributed by atoms with van der Waals surface area (Å²) in [4.78, 5) is 2.66. The third kappa shape index (κ3) is 5.73. The van der Waals surface area contributed by atoms with E-state index in [1.165, 1.54) is 0 Å². The van der Waals surface area contributed by atoms with Gasteiger partial charge in [-0.2, -0.15) is 0 Å². The van der Waals surface area contributed by atoms with Gasteiger partial charge >= 0.3 is 0 Å². The second kappa shape index (κ2) is 9.36. The van der Waals surface area contributed by atoms with Gasteiger partial charge in [0.1, 0.15) is 12.4 Å². The lowest BCUT2D eigenvalue weighted by atomic mass is 10.1. The standard InChI is InChI=1S/C17H28N2O4S/c1-3-10-19-11-8-15(9-12-19)18-24(20,21)17-6-4-16(5-7-17)23-14-13-22-2/h4-7,15,18H,3,8-14H2,1-2H3. The molecule has 0 atom stereocenters. The number of sulfonamides is 1. The van der Waals surface area contributed by atoms with Crippen LogP contribution in [-0.2, 0) is 14.8 Å². The topological polar surface area (TPSA) is 67.9 Å². The van der Waals surface area contributed by atoms with Crippen LogP contribution in [0.5, 0.6) is 5.75 Å². The summed E-state index contributed by atoms with van der Waals surface area (Å²) in [6.07, 6.45) is 2.85. The predicted octanol–water partition coefficient (Wildman–Crippen LogP) is 1.86. The molecule has 0 spiro atoms. The van der Waals surface area contributed by atoms with E-state index < -0.39 is 10.0 Å². The van der Waals surface area contributed by atoms with Gasteiger partial charge in [-0.05, 0) is 63.2 Å². The Bertz CT molecular complexity index is 581. The van der Waals surface area contributed by atoms with Gasteiger partial charge in [-0.15, -0.1) is 0 Å². The van der Waals surface area contributed by atoms with Gasteiger partial charge in [0.15, 0.2) is 0 Å². The summed E-state index contributed by atoms with van der Waals surface area (Å²) < 4.78 is 38.2. The van der Waals surface area contributed by atoms with Gasteiger partial charge in [-0.1, -0.05) is 6.92 Å². The summed E-state index contributed by atoms with van der Waals surface area (Å²) >= 11 is 0. The van der Waals surface area contributed by atoms with Crippen LogP contribution >= 0.6 is 0 Å². The number of ether oxygens (including phenoxy) is 2. The summed E-state index contributed by atoms with van der Waals surface area (Å²) in [7, 11) is -1.87. The van der Waals surface area contributed by atoms with Crippen LogP contribution in [0.3, 0.4) is 0 Å². The molecule has 2 rings (SSSR count). The first-order chi connectivity index (χ1) is 11.5. The minimum Gasteiger partial charge on any atom is -0.491 e. The SMILES string of the molecule is CCCN1CCC(NS(=O)(=O)c2ccc(OCCOC)cc2)CC1. The minimum atomic E-state index is -3.48. The lowest BCUT2D eigenvalue weighted by Crippen LogP contribution is -2.44. The van der Waals surface area contributed by atoms with Crippen LogP contribution in [0, 0.1) is 0 Å². The number of nitrogens with zero attached hydrogens (tertiary/aromatic N) is 1. The summed E-state index contributed by atoms with van der Waals surface area (Å²) in [5, 5.41) is 0. The van der Waals surface area contributed by atoms with Crippen LogP contribution in [0.25, 0.3) is 0 Å². The molecule has 0 unspecified atom stereocenters. The zero-order valence-corrected chi connectivity index (χ0v) is 15.3. The molecule has 1 fully saturated rings. The Morgan fingerprint density at radius 3 is 2.42 bits per heavy atom. The van der Waals surface area contributed by atoms with E-state index in [0.717, 1.165) is 38.9 Å². The predicted molar refractivity (Wildman–Crippen MR) is 93.9 cm³/mol. The summed E-state index contributed by atoms with van der Waals surface area (Å²) in [5.41, 5.74) is 0. The van der Waals surface area contributed by atoms with Crippen LogP contribution in [0.1, 0.15) is 26.2 Å². The molecule has 1 heterocycles. The molecule has 1 aromatic carbocycles. The number of benzene rings is 1. The van der Waals surface area contributed by atoms with Gasteiger partial charge in [-0.3, -0.25) is 0 Å². The molecule has 136 valence electrons. The van der Waals surface area contributed by atoms with Crippen LogP contribution in [0.4, 0.5) is 0 Å². The average Bonchev–Trinajstić information content (AvgIpc) is 2.57. The highest BCUT2D eigenvalue weighted by atomic mass is 32.2. The number of hydrogen-bond donors (Lipinski definition) is 1. The van der Waals surface area contributed by atoms with Gasteiger partial charge in [-0.25, -0.2) is 13.1 Å². The van der Waals surface area contributed by atoms with E-state index in [-0.39, 0.29) is 10.9 Å². The molecule has 1 aliphatic heterocycles. The maximum Gasteiger partial charge on any atom is 0.240 e. The molecule has 6 nitrogen and oxygen atoms in total. The normalized spacial score (nSPS) is 17.1. The van der Waals surface area contributed by atoms with Crippen LogP contribution in [0.15, 0.2) is 29.2 Å². The molecule has 0 amide bonds. The van der Waals surface area contributed by atoms with Gasteiger partial charge in [0.25, 0.3) is 0 Å². The monoisotopic (exact) mass is 356 g/mol. The molecule has 1 saturated heterocycles. The Hall–Kier alpha value is -1.15. The fraction of sp³-hybridized carbons (Fsp3) is 0.647. The zero-order valence-electron chi connectivity index (χ0n) is 14.5. The molecule has 7 heteroatoms. The molecule has 24 heavy (non-hydrogen) atoms. The Labute approximate surface area is 145 Å². The highest BCUT2D eigenvalue weighted by Gasteiger charge is 2.24. The minimum absolute atomic E-state index is 0.0146. The number of hydrogen-bond acceptors (Lipinski definition) is 5. The van der Waals surface area contributed by atoms with Gasteiger partial charge in [0, 0.05) is 13.2 Å². The number of rotatable bonds is 9. The molecule has 0 saturated carbocycles. The third-order valence-electron chi connectivity index (χ3n) is 4.14. The second-order valence-electron chi connectivity index (χ2n) is 6.05. The van der Waals surface area contributed by atoms with Crippen molar-refractivity contribution in [1.29, 1.82) is 0 Å². The largest absolute Gasteiger partial charge is 0.491 e. The molecule has 1 N–H and O–H groups in total. The molecule has 1 aromatic rings. The van der Waals surface area contributed by atoms with E-state index in [1.54, 1.807) is 31.4 Å². The van der Waals surface area contributed by atoms with Gasteiger partial charge in [0.2, 0.25) is 10.0 Å². The van der Waals surface area contributed by atoms with E-state index in [1.807, 2.05) is 0 Å². The van der Waals surface area contributed by atoms with E-state index >= 15 is 0 Å². The maximum absolute atomic E-state index is 12.5. The third-order valence-corrected chi connectivity index (χ3v) is 5.68. The van der Waals surface area contributed by atoms with Crippen molar-refractivity contribution in [2.24, 2.45) is 0 Å². The van der Waals surface area contributed by atoms with E-state index in [0.29, 0.717) is 19.0 Å². The van der Waals surface area contributed by atoms with Crippen molar-refractivity contribution in [3.8, 4) is 5.75 Å². The molecular weight excluding hydrogens is 328 g/mol. The second-order valence-corrected chi connectivity index (χ2v) is 7.76. The highest BCUT2D eigenvalue weighted by molar-refractivity contribution is 7.89. The molecule has 0 radical (unpaired) electrons. The molecule has 0 aromatic heterocycles. The van der Waals surface area contributed by atoms with Crippen LogP contribution in [0.2, 0.25) is 0 Å². The van der Waals surface area contributed by atoms with Crippen LogP contribution < -0.4 is 9.46 Å². The van der Waals surface area contributed by atoms with Crippen molar-refractivity contribution in [2.45, 2.75) is 37.1 Å². The molecule has 1 aliphatic rings. The Morgan fingerprint density at radius 2 is 1.83 bits per heavy atom. The maximum atomic E-state index is 12.5. The smallest absolute Gasteiger partial charge is 0.240 e. The number of methoxy groups -OCH3 is 1. The number of likely N-dealkylation sites (tertiary alicyclic amines) is 1. The zero-order chi connectivity index (χ0) is 17.4. The van der Waals surface area contributed by atoms with Crippen molar-refractivity contribution < 1.29 is 17.9 Å². The van der Waals surface area contributed by atoms with E-state index in [9.17, 15) is 8.42 Å². The Kier molecular flexibility index (Phi) is 7.48. The average molecular weight is 356 g/mol. The van der Waals surface area contributed by atoms with Gasteiger partial charge < -0.3 is 14.4 Å². The van der Waals surface area contributed by atoms with Crippen molar-refractivity contribution in [2.75, 3.05) is 40.0 Å². The first-order valence-corrected chi connectivity index (χ1v) is 10.00. The van der Waals surface area contributed by atoms with Crippen LogP contribution in [-0.4, -0.2) is 59.3 Å². The summed E-state index contributed by atoms with van der Waals surface area (Å²) in [6.45, 7) is 6.09. The molecule has 0 aliphatic carbocycles. The Morgan fingerprint density at radius 1 is 1.17 bits per heavy atom. The van der Waals surface area contributed by atoms with E-state index in [2.05, 4.69) is 16.5 Å². The molecular formula is C17H28N2O4S.